The molecule has 1 heterocycles. The molecule has 2 rings (SSSR count). The summed E-state index contributed by atoms with van der Waals surface area (Å²) in [6.07, 6.45) is -3.42. The molecule has 0 aliphatic heterocycles. The predicted molar refractivity (Wildman–Crippen MR) is 66.1 cm³/mol. The zero-order chi connectivity index (χ0) is 13.5. The third kappa shape index (κ3) is 2.43. The van der Waals surface area contributed by atoms with E-state index in [1.165, 1.54) is 4.57 Å². The maximum absolute atomic E-state index is 12.6. The van der Waals surface area contributed by atoms with Crippen molar-refractivity contribution in [2.75, 3.05) is 0 Å². The van der Waals surface area contributed by atoms with Crippen LogP contribution in [0.5, 0.6) is 0 Å². The standard InChI is InChI=1S/C12H10BrF3N2/c1-7-5-8(13)3-4-9(7)11-17-10(6-18(11)2)12(14,15)16/h3-6H,1-2H3. The highest BCUT2D eigenvalue weighted by Gasteiger charge is 2.34. The van der Waals surface area contributed by atoms with Crippen molar-refractivity contribution < 1.29 is 13.2 Å². The lowest BCUT2D eigenvalue weighted by molar-refractivity contribution is -0.140. The van der Waals surface area contributed by atoms with Crippen molar-refractivity contribution in [3.05, 3.63) is 40.1 Å². The molecular formula is C12H10BrF3N2. The van der Waals surface area contributed by atoms with E-state index in [0.29, 0.717) is 11.4 Å². The molecule has 0 fully saturated rings. The Bertz CT molecular complexity index is 587. The number of imidazole rings is 1. The van der Waals surface area contributed by atoms with E-state index in [1.54, 1.807) is 19.2 Å². The number of rotatable bonds is 1. The van der Waals surface area contributed by atoms with Crippen molar-refractivity contribution in [3.63, 3.8) is 0 Å². The van der Waals surface area contributed by atoms with Gasteiger partial charge in [0, 0.05) is 23.3 Å². The number of nitrogens with zero attached hydrogens (tertiary/aromatic N) is 2. The van der Waals surface area contributed by atoms with Gasteiger partial charge in [-0.2, -0.15) is 13.2 Å². The number of benzene rings is 1. The average Bonchev–Trinajstić information content (AvgIpc) is 2.60. The van der Waals surface area contributed by atoms with Crippen LogP contribution in [-0.4, -0.2) is 9.55 Å². The lowest BCUT2D eigenvalue weighted by atomic mass is 10.1. The molecule has 2 aromatic rings. The molecular weight excluding hydrogens is 309 g/mol. The van der Waals surface area contributed by atoms with Gasteiger partial charge in [-0.15, -0.1) is 0 Å². The van der Waals surface area contributed by atoms with Crippen molar-refractivity contribution in [1.82, 2.24) is 9.55 Å². The van der Waals surface area contributed by atoms with Gasteiger partial charge in [0.15, 0.2) is 5.69 Å². The summed E-state index contributed by atoms with van der Waals surface area (Å²) in [5, 5.41) is 0. The Balaban J connectivity index is 2.55. The third-order valence-electron chi connectivity index (χ3n) is 2.60. The van der Waals surface area contributed by atoms with Crippen molar-refractivity contribution in [2.45, 2.75) is 13.1 Å². The largest absolute Gasteiger partial charge is 0.434 e. The number of hydrogen-bond donors (Lipinski definition) is 0. The molecule has 0 atom stereocenters. The van der Waals surface area contributed by atoms with Crippen LogP contribution in [0.4, 0.5) is 13.2 Å². The topological polar surface area (TPSA) is 17.8 Å². The minimum absolute atomic E-state index is 0.312. The Hall–Kier alpha value is -1.30. The van der Waals surface area contributed by atoms with Crippen molar-refractivity contribution in [3.8, 4) is 11.4 Å². The SMILES string of the molecule is Cc1cc(Br)ccc1-c1nc(C(F)(F)F)cn1C. The van der Waals surface area contributed by atoms with Crippen LogP contribution < -0.4 is 0 Å². The van der Waals surface area contributed by atoms with Crippen LogP contribution in [0.3, 0.4) is 0 Å². The molecule has 0 bridgehead atoms. The van der Waals surface area contributed by atoms with Gasteiger partial charge in [-0.05, 0) is 30.7 Å². The summed E-state index contributed by atoms with van der Waals surface area (Å²) in [7, 11) is 1.55. The molecule has 0 spiro atoms. The molecule has 18 heavy (non-hydrogen) atoms. The minimum atomic E-state index is -4.42. The van der Waals surface area contributed by atoms with E-state index < -0.39 is 11.9 Å². The summed E-state index contributed by atoms with van der Waals surface area (Å²) >= 11 is 3.32. The lowest BCUT2D eigenvalue weighted by Gasteiger charge is -2.06. The summed E-state index contributed by atoms with van der Waals surface area (Å²) in [5.74, 6) is 0.312. The Morgan fingerprint density at radius 2 is 1.94 bits per heavy atom. The van der Waals surface area contributed by atoms with Gasteiger partial charge >= 0.3 is 6.18 Å². The van der Waals surface area contributed by atoms with Gasteiger partial charge in [0.05, 0.1) is 0 Å². The fourth-order valence-corrected chi connectivity index (χ4v) is 2.21. The quantitative estimate of drug-likeness (QED) is 0.771. The van der Waals surface area contributed by atoms with Crippen LogP contribution in [0.1, 0.15) is 11.3 Å². The van der Waals surface area contributed by atoms with Gasteiger partial charge in [-0.1, -0.05) is 15.9 Å². The predicted octanol–water partition coefficient (Wildman–Crippen LogP) is 4.18. The Morgan fingerprint density at radius 3 is 2.44 bits per heavy atom. The molecule has 0 aliphatic rings. The van der Waals surface area contributed by atoms with E-state index in [9.17, 15) is 13.2 Å². The summed E-state index contributed by atoms with van der Waals surface area (Å²) in [6, 6.07) is 5.38. The minimum Gasteiger partial charge on any atom is -0.333 e. The van der Waals surface area contributed by atoms with Crippen LogP contribution >= 0.6 is 15.9 Å². The molecule has 0 saturated carbocycles. The van der Waals surface area contributed by atoms with Gasteiger partial charge in [0.2, 0.25) is 0 Å². The van der Waals surface area contributed by atoms with Crippen molar-refractivity contribution in [2.24, 2.45) is 7.05 Å². The molecule has 0 radical (unpaired) electrons. The second-order valence-electron chi connectivity index (χ2n) is 4.02. The van der Waals surface area contributed by atoms with Crippen molar-refractivity contribution in [1.29, 1.82) is 0 Å². The summed E-state index contributed by atoms with van der Waals surface area (Å²) in [4.78, 5) is 3.66. The van der Waals surface area contributed by atoms with Gasteiger partial charge < -0.3 is 4.57 Å². The molecule has 0 N–H and O–H groups in total. The van der Waals surface area contributed by atoms with Crippen molar-refractivity contribution >= 4 is 15.9 Å². The van der Waals surface area contributed by atoms with Gasteiger partial charge in [0.25, 0.3) is 0 Å². The Labute approximate surface area is 111 Å². The molecule has 0 amide bonds. The summed E-state index contributed by atoms with van der Waals surface area (Å²) in [6.45, 7) is 1.84. The first-order chi connectivity index (χ1) is 8.29. The normalized spacial score (nSPS) is 11.9. The third-order valence-corrected chi connectivity index (χ3v) is 3.09. The second-order valence-corrected chi connectivity index (χ2v) is 4.93. The summed E-state index contributed by atoms with van der Waals surface area (Å²) < 4.78 is 40.0. The second kappa shape index (κ2) is 4.42. The number of hydrogen-bond acceptors (Lipinski definition) is 1. The molecule has 0 unspecified atom stereocenters. The van der Waals surface area contributed by atoms with Crippen LogP contribution in [-0.2, 0) is 13.2 Å². The molecule has 0 aliphatic carbocycles. The molecule has 1 aromatic heterocycles. The monoisotopic (exact) mass is 318 g/mol. The first kappa shape index (κ1) is 13.1. The van der Waals surface area contributed by atoms with E-state index in [4.69, 9.17) is 0 Å². The molecule has 96 valence electrons. The molecule has 1 aromatic carbocycles. The van der Waals surface area contributed by atoms with Crippen LogP contribution in [0.25, 0.3) is 11.4 Å². The van der Waals surface area contributed by atoms with Crippen LogP contribution in [0, 0.1) is 6.92 Å². The van der Waals surface area contributed by atoms with E-state index in [2.05, 4.69) is 20.9 Å². The average molecular weight is 319 g/mol. The molecule has 6 heteroatoms. The number of aryl methyl sites for hydroxylation is 2. The first-order valence-corrected chi connectivity index (χ1v) is 5.95. The number of aromatic nitrogens is 2. The fourth-order valence-electron chi connectivity index (χ4n) is 1.73. The Kier molecular flexibility index (Phi) is 3.23. The Morgan fingerprint density at radius 1 is 1.28 bits per heavy atom. The number of halogens is 4. The van der Waals surface area contributed by atoms with E-state index in [1.807, 2.05) is 13.0 Å². The maximum Gasteiger partial charge on any atom is 0.434 e. The zero-order valence-electron chi connectivity index (χ0n) is 9.72. The van der Waals surface area contributed by atoms with Gasteiger partial charge in [-0.25, -0.2) is 4.98 Å². The highest BCUT2D eigenvalue weighted by atomic mass is 79.9. The van der Waals surface area contributed by atoms with E-state index >= 15 is 0 Å². The van der Waals surface area contributed by atoms with Gasteiger partial charge in [-0.3, -0.25) is 0 Å². The van der Waals surface area contributed by atoms with Crippen LogP contribution in [0.15, 0.2) is 28.9 Å². The molecule has 2 nitrogen and oxygen atoms in total. The fraction of sp³-hybridized carbons (Fsp3) is 0.250. The van der Waals surface area contributed by atoms with Crippen LogP contribution in [0.2, 0.25) is 0 Å². The van der Waals surface area contributed by atoms with E-state index in [-0.39, 0.29) is 0 Å². The highest BCUT2D eigenvalue weighted by Crippen LogP contribution is 2.32. The highest BCUT2D eigenvalue weighted by molar-refractivity contribution is 9.10. The van der Waals surface area contributed by atoms with Gasteiger partial charge in [0.1, 0.15) is 5.82 Å². The smallest absolute Gasteiger partial charge is 0.333 e. The zero-order valence-corrected chi connectivity index (χ0v) is 11.3. The molecule has 0 saturated heterocycles. The van der Waals surface area contributed by atoms with E-state index in [0.717, 1.165) is 16.2 Å². The first-order valence-electron chi connectivity index (χ1n) is 5.16. The maximum atomic E-state index is 12.6. The summed E-state index contributed by atoms with van der Waals surface area (Å²) in [5.41, 5.74) is 0.685. The lowest BCUT2D eigenvalue weighted by Crippen LogP contribution is -2.04. The number of alkyl halides is 3.